The fraction of sp³-hybridized carbons (Fsp3) is 0.391. The molecule has 0 radical (unpaired) electrons. The van der Waals surface area contributed by atoms with Gasteiger partial charge in [0.2, 0.25) is 11.8 Å². The smallest absolute Gasteiger partial charge is 0.231 e. The Bertz CT molecular complexity index is 1080. The summed E-state index contributed by atoms with van der Waals surface area (Å²) in [6.45, 7) is 0.707. The van der Waals surface area contributed by atoms with Crippen LogP contribution in [0.3, 0.4) is 0 Å². The number of benzene rings is 1. The molecule has 0 bridgehead atoms. The summed E-state index contributed by atoms with van der Waals surface area (Å²) in [6, 6.07) is 11.9. The number of hydrogen-bond acceptors (Lipinski definition) is 5. The molecule has 1 saturated heterocycles. The Kier molecular flexibility index (Phi) is 5.55. The summed E-state index contributed by atoms with van der Waals surface area (Å²) in [4.78, 5) is 31.0. The highest BCUT2D eigenvalue weighted by Gasteiger charge is 2.25. The molecule has 1 aromatic carbocycles. The van der Waals surface area contributed by atoms with Gasteiger partial charge in [-0.15, -0.1) is 11.3 Å². The van der Waals surface area contributed by atoms with E-state index in [1.54, 1.807) is 4.90 Å². The average molecular weight is 436 g/mol. The lowest BCUT2D eigenvalue weighted by Gasteiger charge is -2.10. The lowest BCUT2D eigenvalue weighted by atomic mass is 10.0. The number of nitrogens with one attached hydrogen (secondary N) is 1. The van der Waals surface area contributed by atoms with E-state index in [4.69, 9.17) is 5.10 Å². The predicted molar refractivity (Wildman–Crippen MR) is 121 cm³/mol. The number of anilines is 2. The number of para-hydroxylation sites is 1. The van der Waals surface area contributed by atoms with Crippen molar-refractivity contribution in [2.75, 3.05) is 16.8 Å². The van der Waals surface area contributed by atoms with E-state index in [0.29, 0.717) is 35.5 Å². The van der Waals surface area contributed by atoms with E-state index in [9.17, 15) is 9.59 Å². The number of carbonyl (C=O) groups excluding carboxylic acids is 2. The summed E-state index contributed by atoms with van der Waals surface area (Å²) in [5, 5.41) is 10.4. The normalized spacial score (nSPS) is 16.9. The van der Waals surface area contributed by atoms with Crippen LogP contribution in [0.5, 0.6) is 0 Å². The van der Waals surface area contributed by atoms with E-state index in [1.165, 1.54) is 24.2 Å². The van der Waals surface area contributed by atoms with Crippen LogP contribution in [-0.2, 0) is 16.0 Å². The van der Waals surface area contributed by atoms with Crippen LogP contribution >= 0.6 is 11.3 Å². The molecule has 2 aromatic heterocycles. The molecule has 1 saturated carbocycles. The van der Waals surface area contributed by atoms with Crippen molar-refractivity contribution in [1.82, 2.24) is 14.8 Å². The maximum absolute atomic E-state index is 12.8. The van der Waals surface area contributed by atoms with Crippen LogP contribution in [0.15, 0.2) is 41.8 Å². The Balaban J connectivity index is 1.33. The highest BCUT2D eigenvalue weighted by Crippen LogP contribution is 2.35. The Morgan fingerprint density at radius 2 is 1.97 bits per heavy atom. The van der Waals surface area contributed by atoms with Crippen molar-refractivity contribution >= 4 is 34.1 Å². The molecule has 2 aliphatic rings. The van der Waals surface area contributed by atoms with Crippen molar-refractivity contribution in [3.8, 4) is 5.69 Å². The number of rotatable bonds is 6. The van der Waals surface area contributed by atoms with Gasteiger partial charge in [0, 0.05) is 30.3 Å². The summed E-state index contributed by atoms with van der Waals surface area (Å²) in [5.41, 5.74) is 2.64. The predicted octanol–water partition coefficient (Wildman–Crippen LogP) is 4.29. The van der Waals surface area contributed by atoms with Crippen LogP contribution in [0.1, 0.15) is 55.8 Å². The molecular formula is C23H25N5O2S. The van der Waals surface area contributed by atoms with Gasteiger partial charge < -0.3 is 5.32 Å². The van der Waals surface area contributed by atoms with Gasteiger partial charge in [0.25, 0.3) is 0 Å². The fourth-order valence-electron chi connectivity index (χ4n) is 4.38. The second kappa shape index (κ2) is 8.63. The first-order valence-corrected chi connectivity index (χ1v) is 11.8. The van der Waals surface area contributed by atoms with E-state index in [-0.39, 0.29) is 18.2 Å². The first kappa shape index (κ1) is 19.9. The molecule has 8 heteroatoms. The summed E-state index contributed by atoms with van der Waals surface area (Å²) in [6.07, 6.45) is 6.36. The van der Waals surface area contributed by atoms with Gasteiger partial charge in [-0.05, 0) is 31.4 Å². The second-order valence-electron chi connectivity index (χ2n) is 8.18. The summed E-state index contributed by atoms with van der Waals surface area (Å²) >= 11 is 1.42. The number of aromatic nitrogens is 3. The van der Waals surface area contributed by atoms with Crippen LogP contribution in [0.2, 0.25) is 0 Å². The first-order chi connectivity index (χ1) is 15.2. The molecule has 2 amide bonds. The van der Waals surface area contributed by atoms with Crippen molar-refractivity contribution in [3.63, 3.8) is 0 Å². The van der Waals surface area contributed by atoms with Gasteiger partial charge in [0.15, 0.2) is 5.13 Å². The maximum Gasteiger partial charge on any atom is 0.231 e. The number of carbonyl (C=O) groups is 2. The minimum absolute atomic E-state index is 0.108. The molecule has 1 aliphatic heterocycles. The van der Waals surface area contributed by atoms with Crippen molar-refractivity contribution in [2.45, 2.75) is 50.9 Å². The largest absolute Gasteiger partial charge is 0.310 e. The fourth-order valence-corrected chi connectivity index (χ4v) is 5.25. The lowest BCUT2D eigenvalue weighted by molar-refractivity contribution is -0.117. The Hall–Kier alpha value is -3.00. The molecule has 5 rings (SSSR count). The zero-order valence-corrected chi connectivity index (χ0v) is 18.1. The quantitative estimate of drug-likeness (QED) is 0.626. The van der Waals surface area contributed by atoms with E-state index in [0.717, 1.165) is 30.6 Å². The minimum Gasteiger partial charge on any atom is -0.310 e. The molecule has 0 unspecified atom stereocenters. The number of amides is 2. The first-order valence-electron chi connectivity index (χ1n) is 10.9. The van der Waals surface area contributed by atoms with Crippen molar-refractivity contribution in [2.24, 2.45) is 0 Å². The third-order valence-corrected chi connectivity index (χ3v) is 6.87. The Labute approximate surface area is 185 Å². The molecule has 3 heterocycles. The molecule has 0 spiro atoms. The highest BCUT2D eigenvalue weighted by molar-refractivity contribution is 7.14. The van der Waals surface area contributed by atoms with Crippen molar-refractivity contribution < 1.29 is 9.59 Å². The molecule has 0 atom stereocenters. The van der Waals surface area contributed by atoms with E-state index < -0.39 is 0 Å². The van der Waals surface area contributed by atoms with Crippen LogP contribution in [-0.4, -0.2) is 33.1 Å². The lowest BCUT2D eigenvalue weighted by Crippen LogP contribution is -2.23. The summed E-state index contributed by atoms with van der Waals surface area (Å²) in [5.74, 6) is 1.11. The Morgan fingerprint density at radius 1 is 1.16 bits per heavy atom. The van der Waals surface area contributed by atoms with Gasteiger partial charge >= 0.3 is 0 Å². The third kappa shape index (κ3) is 4.25. The molecule has 1 aliphatic carbocycles. The molecule has 7 nitrogen and oxygen atoms in total. The molecular weight excluding hydrogens is 410 g/mol. The molecule has 31 heavy (non-hydrogen) atoms. The molecule has 1 N–H and O–H groups in total. The number of hydrogen-bond donors (Lipinski definition) is 1. The van der Waals surface area contributed by atoms with Gasteiger partial charge in [-0.2, -0.15) is 5.10 Å². The van der Waals surface area contributed by atoms with Gasteiger partial charge in [0.1, 0.15) is 5.82 Å². The SMILES string of the molecule is O=C(Cc1csc(N2CCCC2=O)n1)Nc1cc(C2CCCC2)nn1-c1ccccc1. The Morgan fingerprint density at radius 3 is 2.71 bits per heavy atom. The third-order valence-electron chi connectivity index (χ3n) is 5.96. The topological polar surface area (TPSA) is 80.1 Å². The highest BCUT2D eigenvalue weighted by atomic mass is 32.1. The zero-order chi connectivity index (χ0) is 21.2. The van der Waals surface area contributed by atoms with E-state index in [1.807, 2.05) is 46.5 Å². The zero-order valence-electron chi connectivity index (χ0n) is 17.3. The molecule has 3 aromatic rings. The van der Waals surface area contributed by atoms with Gasteiger partial charge in [-0.25, -0.2) is 9.67 Å². The van der Waals surface area contributed by atoms with E-state index >= 15 is 0 Å². The van der Waals surface area contributed by atoms with Crippen molar-refractivity contribution in [1.29, 1.82) is 0 Å². The standard InChI is InChI=1S/C23H25N5O2S/c29-21(13-17-15-31-23(24-17)27-12-6-11-22(27)30)25-20-14-19(16-7-4-5-8-16)26-28(20)18-9-2-1-3-10-18/h1-3,9-10,14-16H,4-8,11-13H2,(H,25,29). The van der Waals surface area contributed by atoms with E-state index in [2.05, 4.69) is 10.3 Å². The molecule has 2 fully saturated rings. The van der Waals surface area contributed by atoms with Gasteiger partial charge in [-0.1, -0.05) is 31.0 Å². The molecule has 160 valence electrons. The summed E-state index contributed by atoms with van der Waals surface area (Å²) < 4.78 is 1.82. The maximum atomic E-state index is 12.8. The number of thiazole rings is 1. The minimum atomic E-state index is -0.139. The monoisotopic (exact) mass is 435 g/mol. The second-order valence-corrected chi connectivity index (χ2v) is 9.02. The van der Waals surface area contributed by atoms with Crippen LogP contribution in [0.4, 0.5) is 10.9 Å². The summed E-state index contributed by atoms with van der Waals surface area (Å²) in [7, 11) is 0. The number of nitrogens with zero attached hydrogens (tertiary/aromatic N) is 4. The van der Waals surface area contributed by atoms with Crippen LogP contribution in [0.25, 0.3) is 5.69 Å². The van der Waals surface area contributed by atoms with Crippen LogP contribution in [0, 0.1) is 0 Å². The van der Waals surface area contributed by atoms with Gasteiger partial charge in [0.05, 0.1) is 23.5 Å². The van der Waals surface area contributed by atoms with Crippen LogP contribution < -0.4 is 10.2 Å². The van der Waals surface area contributed by atoms with Gasteiger partial charge in [-0.3, -0.25) is 14.5 Å². The van der Waals surface area contributed by atoms with Crippen molar-refractivity contribution in [3.05, 3.63) is 53.2 Å². The average Bonchev–Trinajstić information content (AvgIpc) is 3.56.